The van der Waals surface area contributed by atoms with Crippen molar-refractivity contribution in [1.29, 1.82) is 0 Å². The number of nitrogens with zero attached hydrogens (tertiary/aromatic N) is 1. The zero-order chi connectivity index (χ0) is 10.3. The van der Waals surface area contributed by atoms with Gasteiger partial charge >= 0.3 is 5.97 Å². The molecule has 0 aromatic carbocycles. The van der Waals surface area contributed by atoms with Gasteiger partial charge in [-0.15, -0.1) is 0 Å². The summed E-state index contributed by atoms with van der Waals surface area (Å²) in [5, 5.41) is 9.99. The summed E-state index contributed by atoms with van der Waals surface area (Å²) in [5.74, 6) is -0.326. The predicted molar refractivity (Wildman–Crippen MR) is 46.9 cm³/mol. The van der Waals surface area contributed by atoms with Crippen molar-refractivity contribution in [3.63, 3.8) is 0 Å². The fraction of sp³-hybridized carbons (Fsp3) is 0.875. The minimum Gasteiger partial charge on any atom is -0.463 e. The number of hydrogen-bond acceptors (Lipinski definition) is 4. The van der Waals surface area contributed by atoms with E-state index in [1.54, 1.807) is 0 Å². The van der Waals surface area contributed by atoms with Crippen LogP contribution in [-0.2, 0) is 9.53 Å². The van der Waals surface area contributed by atoms with Gasteiger partial charge in [0.05, 0.1) is 0 Å². The molecule has 0 saturated heterocycles. The molecule has 5 nitrogen and oxygen atoms in total. The number of hydrogen-bond donors (Lipinski definition) is 0. The first-order chi connectivity index (χ1) is 6.06. The van der Waals surface area contributed by atoms with Crippen LogP contribution in [0.1, 0.15) is 33.1 Å². The predicted octanol–water partition coefficient (Wildman–Crippen LogP) is 1.39. The van der Waals surface area contributed by atoms with E-state index in [1.165, 1.54) is 6.92 Å². The van der Waals surface area contributed by atoms with E-state index >= 15 is 0 Å². The molecule has 1 atom stereocenters. The summed E-state index contributed by atoms with van der Waals surface area (Å²) in [5.41, 5.74) is 0. The molecule has 0 aromatic heterocycles. The molecular formula is C8H15NO4. The molecule has 0 aliphatic rings. The van der Waals surface area contributed by atoms with Gasteiger partial charge < -0.3 is 4.74 Å². The molecule has 0 rings (SSSR count). The molecule has 5 heteroatoms. The summed E-state index contributed by atoms with van der Waals surface area (Å²) in [6.07, 6.45) is 1.56. The Morgan fingerprint density at radius 1 is 1.62 bits per heavy atom. The first-order valence-corrected chi connectivity index (χ1v) is 4.35. The van der Waals surface area contributed by atoms with Crippen molar-refractivity contribution in [2.75, 3.05) is 6.54 Å². The Kier molecular flexibility index (Phi) is 5.84. The largest absolute Gasteiger partial charge is 0.463 e. The quantitative estimate of drug-likeness (QED) is 0.359. The zero-order valence-electron chi connectivity index (χ0n) is 7.99. The van der Waals surface area contributed by atoms with Crippen LogP contribution < -0.4 is 0 Å². The molecule has 0 amide bonds. The number of nitro groups is 1. The van der Waals surface area contributed by atoms with Crippen LogP contribution in [0.4, 0.5) is 0 Å². The number of rotatable bonds is 6. The second-order valence-corrected chi connectivity index (χ2v) is 2.84. The molecule has 0 bridgehead atoms. The van der Waals surface area contributed by atoms with Crippen LogP contribution >= 0.6 is 0 Å². The van der Waals surface area contributed by atoms with Crippen LogP contribution in [0.25, 0.3) is 0 Å². The third kappa shape index (κ3) is 7.24. The fourth-order valence-corrected chi connectivity index (χ4v) is 1.03. The Labute approximate surface area is 77.2 Å². The lowest BCUT2D eigenvalue weighted by Gasteiger charge is -2.13. The smallest absolute Gasteiger partial charge is 0.302 e. The second kappa shape index (κ2) is 6.39. The van der Waals surface area contributed by atoms with Gasteiger partial charge in [0.25, 0.3) is 0 Å². The second-order valence-electron chi connectivity index (χ2n) is 2.84. The zero-order valence-corrected chi connectivity index (χ0v) is 7.99. The Bertz CT molecular complexity index is 181. The Morgan fingerprint density at radius 2 is 2.23 bits per heavy atom. The number of esters is 1. The maximum absolute atomic E-state index is 10.6. The van der Waals surface area contributed by atoms with E-state index in [0.29, 0.717) is 19.3 Å². The standard InChI is InChI=1S/C8H15NO4/c1-3-8(13-7(2)10)5-4-6-9(11)12/h8H,3-6H2,1-2H3. The van der Waals surface area contributed by atoms with Crippen molar-refractivity contribution < 1.29 is 14.5 Å². The molecule has 0 fully saturated rings. The summed E-state index contributed by atoms with van der Waals surface area (Å²) >= 11 is 0. The topological polar surface area (TPSA) is 69.4 Å². The van der Waals surface area contributed by atoms with E-state index in [9.17, 15) is 14.9 Å². The van der Waals surface area contributed by atoms with Crippen molar-refractivity contribution in [2.45, 2.75) is 39.2 Å². The lowest BCUT2D eigenvalue weighted by Crippen LogP contribution is -2.16. The van der Waals surface area contributed by atoms with Gasteiger partial charge in [-0.1, -0.05) is 6.92 Å². The molecule has 0 N–H and O–H groups in total. The average Bonchev–Trinajstić information content (AvgIpc) is 2.01. The van der Waals surface area contributed by atoms with Crippen LogP contribution in [0.2, 0.25) is 0 Å². The normalized spacial score (nSPS) is 12.2. The number of carbonyl (C=O) groups excluding carboxylic acids is 1. The monoisotopic (exact) mass is 189 g/mol. The van der Waals surface area contributed by atoms with Gasteiger partial charge in [-0.25, -0.2) is 0 Å². The lowest BCUT2D eigenvalue weighted by molar-refractivity contribution is -0.480. The van der Waals surface area contributed by atoms with Crippen molar-refractivity contribution in [2.24, 2.45) is 0 Å². The first kappa shape index (κ1) is 11.9. The third-order valence-corrected chi connectivity index (χ3v) is 1.65. The average molecular weight is 189 g/mol. The Hall–Kier alpha value is -1.13. The highest BCUT2D eigenvalue weighted by Gasteiger charge is 2.10. The van der Waals surface area contributed by atoms with Crippen LogP contribution in [0.3, 0.4) is 0 Å². The van der Waals surface area contributed by atoms with Crippen LogP contribution in [0, 0.1) is 10.1 Å². The van der Waals surface area contributed by atoms with Gasteiger partial charge in [-0.2, -0.15) is 0 Å². The first-order valence-electron chi connectivity index (χ1n) is 4.35. The van der Waals surface area contributed by atoms with E-state index in [1.807, 2.05) is 6.92 Å². The van der Waals surface area contributed by atoms with E-state index in [4.69, 9.17) is 4.74 Å². The summed E-state index contributed by atoms with van der Waals surface area (Å²) < 4.78 is 4.92. The molecule has 13 heavy (non-hydrogen) atoms. The SMILES string of the molecule is CCC(CCC[N+](=O)[O-])OC(C)=O. The van der Waals surface area contributed by atoms with Gasteiger partial charge in [0, 0.05) is 18.3 Å². The summed E-state index contributed by atoms with van der Waals surface area (Å²) in [6.45, 7) is 3.17. The number of ether oxygens (including phenoxy) is 1. The van der Waals surface area contributed by atoms with E-state index in [-0.39, 0.29) is 23.5 Å². The maximum atomic E-state index is 10.6. The molecule has 1 unspecified atom stereocenters. The van der Waals surface area contributed by atoms with Crippen molar-refractivity contribution in [3.8, 4) is 0 Å². The van der Waals surface area contributed by atoms with Gasteiger partial charge in [0.1, 0.15) is 6.10 Å². The Balaban J connectivity index is 3.59. The van der Waals surface area contributed by atoms with E-state index in [0.717, 1.165) is 0 Å². The van der Waals surface area contributed by atoms with E-state index in [2.05, 4.69) is 0 Å². The number of carbonyl (C=O) groups is 1. The van der Waals surface area contributed by atoms with Crippen molar-refractivity contribution in [1.82, 2.24) is 0 Å². The van der Waals surface area contributed by atoms with Gasteiger partial charge in [0.15, 0.2) is 0 Å². The lowest BCUT2D eigenvalue weighted by atomic mass is 10.1. The van der Waals surface area contributed by atoms with Crippen LogP contribution in [-0.4, -0.2) is 23.5 Å². The highest BCUT2D eigenvalue weighted by molar-refractivity contribution is 5.66. The summed E-state index contributed by atoms with van der Waals surface area (Å²) in [4.78, 5) is 20.2. The van der Waals surface area contributed by atoms with Crippen LogP contribution in [0.5, 0.6) is 0 Å². The molecule has 0 aromatic rings. The highest BCUT2D eigenvalue weighted by atomic mass is 16.6. The van der Waals surface area contributed by atoms with Crippen molar-refractivity contribution in [3.05, 3.63) is 10.1 Å². The molecule has 0 heterocycles. The van der Waals surface area contributed by atoms with Gasteiger partial charge in [-0.3, -0.25) is 14.9 Å². The maximum Gasteiger partial charge on any atom is 0.302 e. The van der Waals surface area contributed by atoms with Gasteiger partial charge in [0.2, 0.25) is 6.54 Å². The molecule has 0 spiro atoms. The Morgan fingerprint density at radius 3 is 2.62 bits per heavy atom. The minimum atomic E-state index is -0.361. The summed E-state index contributed by atoms with van der Waals surface area (Å²) in [7, 11) is 0. The van der Waals surface area contributed by atoms with Crippen LogP contribution in [0.15, 0.2) is 0 Å². The molecule has 0 radical (unpaired) electrons. The van der Waals surface area contributed by atoms with Crippen molar-refractivity contribution >= 4 is 5.97 Å². The molecule has 0 saturated carbocycles. The highest BCUT2D eigenvalue weighted by Crippen LogP contribution is 2.06. The molecule has 0 aliphatic heterocycles. The minimum absolute atomic E-state index is 0.0578. The van der Waals surface area contributed by atoms with Gasteiger partial charge in [-0.05, 0) is 12.8 Å². The third-order valence-electron chi connectivity index (χ3n) is 1.65. The van der Waals surface area contributed by atoms with E-state index < -0.39 is 0 Å². The summed E-state index contributed by atoms with van der Waals surface area (Å²) in [6, 6.07) is 0. The molecular weight excluding hydrogens is 174 g/mol. The fourth-order valence-electron chi connectivity index (χ4n) is 1.03. The molecule has 76 valence electrons. The molecule has 0 aliphatic carbocycles.